The molecule has 1 aliphatic rings. The van der Waals surface area contributed by atoms with Gasteiger partial charge < -0.3 is 0 Å². The molecule has 0 N–H and O–H groups in total. The Morgan fingerprint density at radius 2 is 0.786 bits per heavy atom. The Labute approximate surface area is 94.5 Å². The molecule has 0 bridgehead atoms. The quantitative estimate of drug-likeness (QED) is 0.434. The fourth-order valence-corrected chi connectivity index (χ4v) is 0.167. The summed E-state index contributed by atoms with van der Waals surface area (Å²) < 4.78 is 0. The van der Waals surface area contributed by atoms with Crippen LogP contribution in [0.4, 0.5) is 0 Å². The molecular weight excluding hydrogens is 168 g/mol. The van der Waals surface area contributed by atoms with Crippen LogP contribution in [0.1, 0.15) is 88.0 Å². The van der Waals surface area contributed by atoms with Crippen LogP contribution in [0.15, 0.2) is 0 Å². The SMILES string of the molecule is CC.CC.CC1CC1.CCC.CCC. The third-order valence-corrected chi connectivity index (χ3v) is 0.866. The van der Waals surface area contributed by atoms with E-state index in [1.165, 1.54) is 25.7 Å². The summed E-state index contributed by atoms with van der Waals surface area (Å²) in [5.74, 6) is 1.08. The fourth-order valence-electron chi connectivity index (χ4n) is 0.167. The summed E-state index contributed by atoms with van der Waals surface area (Å²) in [5.41, 5.74) is 0. The molecule has 0 amide bonds. The number of hydrogen-bond acceptors (Lipinski definition) is 0. The first-order valence-corrected chi connectivity index (χ1v) is 6.72. The predicted octanol–water partition coefficient (Wildman–Crippen LogP) is 6.30. The molecule has 0 spiro atoms. The summed E-state index contributed by atoms with van der Waals surface area (Å²) in [4.78, 5) is 0. The van der Waals surface area contributed by atoms with Crippen LogP contribution >= 0.6 is 0 Å². The van der Waals surface area contributed by atoms with Gasteiger partial charge in [-0.05, 0) is 5.92 Å². The minimum Gasteiger partial charge on any atom is -0.0683 e. The van der Waals surface area contributed by atoms with Crippen LogP contribution in [-0.4, -0.2) is 0 Å². The summed E-state index contributed by atoms with van der Waals surface area (Å²) in [6, 6.07) is 0. The topological polar surface area (TPSA) is 0 Å². The van der Waals surface area contributed by atoms with Gasteiger partial charge in [-0.15, -0.1) is 0 Å². The second-order valence-corrected chi connectivity index (χ2v) is 3.10. The van der Waals surface area contributed by atoms with Crippen molar-refractivity contribution in [2.45, 2.75) is 88.0 Å². The predicted molar refractivity (Wildman–Crippen MR) is 73.0 cm³/mol. The standard InChI is InChI=1S/C4H8.2C3H8.2C2H6/c1-4-2-3-4;2*1-3-2;2*1-2/h4H,2-3H2,1H3;2*3H2,1-2H3;2*1-2H3. The Kier molecular flexibility index (Phi) is 64.6. The van der Waals surface area contributed by atoms with Crippen LogP contribution in [0, 0.1) is 5.92 Å². The van der Waals surface area contributed by atoms with Gasteiger partial charge in [0.15, 0.2) is 0 Å². The van der Waals surface area contributed by atoms with E-state index in [4.69, 9.17) is 0 Å². The van der Waals surface area contributed by atoms with E-state index in [-0.39, 0.29) is 0 Å². The van der Waals surface area contributed by atoms with Crippen LogP contribution in [0.2, 0.25) is 0 Å². The Balaban J connectivity index is -0.0000000465. The molecule has 0 atom stereocenters. The highest BCUT2D eigenvalue weighted by Crippen LogP contribution is 2.26. The average Bonchev–Trinajstić information content (AvgIpc) is 2.97. The lowest BCUT2D eigenvalue weighted by Crippen LogP contribution is -1.42. The lowest BCUT2D eigenvalue weighted by Gasteiger charge is -1.53. The number of hydrogen-bond donors (Lipinski definition) is 0. The van der Waals surface area contributed by atoms with Gasteiger partial charge in [-0.1, -0.05) is 88.0 Å². The second kappa shape index (κ2) is 38.2. The van der Waals surface area contributed by atoms with Crippen molar-refractivity contribution < 1.29 is 0 Å². The molecule has 14 heavy (non-hydrogen) atoms. The molecule has 0 aliphatic heterocycles. The zero-order valence-corrected chi connectivity index (χ0v) is 12.4. The smallest absolute Gasteiger partial charge is 0.0443 e. The van der Waals surface area contributed by atoms with Gasteiger partial charge in [0.1, 0.15) is 0 Å². The van der Waals surface area contributed by atoms with Gasteiger partial charge in [-0.3, -0.25) is 0 Å². The van der Waals surface area contributed by atoms with E-state index in [1.54, 1.807) is 0 Å². The van der Waals surface area contributed by atoms with Crippen molar-refractivity contribution in [2.24, 2.45) is 5.92 Å². The monoisotopic (exact) mass is 204 g/mol. The molecule has 1 saturated carbocycles. The number of rotatable bonds is 0. The maximum absolute atomic E-state index is 2.28. The molecule has 0 nitrogen and oxygen atoms in total. The second-order valence-electron chi connectivity index (χ2n) is 3.10. The fraction of sp³-hybridized carbons (Fsp3) is 1.00. The van der Waals surface area contributed by atoms with Gasteiger partial charge in [-0.2, -0.15) is 0 Å². The van der Waals surface area contributed by atoms with Gasteiger partial charge in [-0.25, -0.2) is 0 Å². The Morgan fingerprint density at radius 1 is 0.714 bits per heavy atom. The first-order chi connectivity index (χ1) is 6.72. The van der Waals surface area contributed by atoms with Crippen LogP contribution in [0.25, 0.3) is 0 Å². The van der Waals surface area contributed by atoms with E-state index >= 15 is 0 Å². The Bertz CT molecular complexity index is 33.3. The molecule has 0 heterocycles. The molecule has 1 fully saturated rings. The van der Waals surface area contributed by atoms with Crippen LogP contribution in [-0.2, 0) is 0 Å². The summed E-state index contributed by atoms with van der Waals surface area (Å²) >= 11 is 0. The Hall–Kier alpha value is 0. The lowest BCUT2D eigenvalue weighted by atomic mass is 10.5. The minimum atomic E-state index is 1.08. The normalized spacial score (nSPS) is 10.9. The van der Waals surface area contributed by atoms with E-state index in [0.29, 0.717) is 0 Å². The van der Waals surface area contributed by atoms with Gasteiger partial charge in [0.25, 0.3) is 0 Å². The highest BCUT2D eigenvalue weighted by molar-refractivity contribution is 4.65. The molecule has 0 unspecified atom stereocenters. The zero-order chi connectivity index (χ0) is 12.4. The molecule has 0 radical (unpaired) electrons. The molecule has 0 aromatic rings. The molecule has 0 aromatic carbocycles. The highest BCUT2D eigenvalue weighted by atomic mass is 14.2. The van der Waals surface area contributed by atoms with Gasteiger partial charge in [0.2, 0.25) is 0 Å². The van der Waals surface area contributed by atoms with Gasteiger partial charge in [0, 0.05) is 0 Å². The first-order valence-electron chi connectivity index (χ1n) is 6.72. The maximum Gasteiger partial charge on any atom is -0.0443 e. The van der Waals surface area contributed by atoms with Crippen molar-refractivity contribution in [2.75, 3.05) is 0 Å². The largest absolute Gasteiger partial charge is 0.0683 e. The Morgan fingerprint density at radius 3 is 0.786 bits per heavy atom. The zero-order valence-electron chi connectivity index (χ0n) is 12.4. The van der Waals surface area contributed by atoms with Crippen molar-refractivity contribution in [3.8, 4) is 0 Å². The summed E-state index contributed by atoms with van der Waals surface area (Å²) in [7, 11) is 0. The third-order valence-electron chi connectivity index (χ3n) is 0.866. The van der Waals surface area contributed by atoms with Crippen LogP contribution in [0.3, 0.4) is 0 Å². The maximum atomic E-state index is 2.28. The summed E-state index contributed by atoms with van der Waals surface area (Å²) in [6.07, 6.45) is 5.47. The highest BCUT2D eigenvalue weighted by Gasteiger charge is 2.12. The van der Waals surface area contributed by atoms with Crippen molar-refractivity contribution in [1.82, 2.24) is 0 Å². The van der Waals surface area contributed by atoms with Crippen LogP contribution in [0.5, 0.6) is 0 Å². The van der Waals surface area contributed by atoms with E-state index < -0.39 is 0 Å². The molecule has 0 saturated heterocycles. The lowest BCUT2D eigenvalue weighted by molar-refractivity contribution is 0.983. The third kappa shape index (κ3) is 161. The van der Waals surface area contributed by atoms with Gasteiger partial charge in [0.05, 0.1) is 0 Å². The van der Waals surface area contributed by atoms with Crippen molar-refractivity contribution in [3.05, 3.63) is 0 Å². The van der Waals surface area contributed by atoms with E-state index in [0.717, 1.165) is 5.92 Å². The summed E-state index contributed by atoms with van der Waals surface area (Å²) in [5, 5.41) is 0. The minimum absolute atomic E-state index is 1.08. The van der Waals surface area contributed by atoms with E-state index in [1.807, 2.05) is 27.7 Å². The van der Waals surface area contributed by atoms with Gasteiger partial charge >= 0.3 is 0 Å². The van der Waals surface area contributed by atoms with Crippen molar-refractivity contribution in [1.29, 1.82) is 0 Å². The van der Waals surface area contributed by atoms with Crippen LogP contribution < -0.4 is 0 Å². The molecule has 92 valence electrons. The summed E-state index contributed by atoms with van der Waals surface area (Å²) in [6.45, 7) is 18.8. The van der Waals surface area contributed by atoms with Crippen molar-refractivity contribution in [3.63, 3.8) is 0 Å². The molecule has 1 aliphatic carbocycles. The molecule has 1 rings (SSSR count). The molecular formula is C14H36. The molecule has 0 aromatic heterocycles. The van der Waals surface area contributed by atoms with E-state index in [9.17, 15) is 0 Å². The average molecular weight is 204 g/mol. The first kappa shape index (κ1) is 23.7. The molecule has 0 heteroatoms. The van der Waals surface area contributed by atoms with E-state index in [2.05, 4.69) is 34.6 Å². The van der Waals surface area contributed by atoms with Crippen molar-refractivity contribution >= 4 is 0 Å².